The molecule has 120 valence electrons. The van der Waals surface area contributed by atoms with Crippen molar-refractivity contribution in [1.82, 2.24) is 0 Å². The summed E-state index contributed by atoms with van der Waals surface area (Å²) in [7, 11) is -3.36. The fraction of sp³-hybridized carbons (Fsp3) is 0.188. The number of carbonyl (C=O) groups excluding carboxylic acids is 1. The van der Waals surface area contributed by atoms with Gasteiger partial charge < -0.3 is 9.05 Å². The molecule has 4 nitrogen and oxygen atoms in total. The van der Waals surface area contributed by atoms with E-state index in [1.54, 1.807) is 30.3 Å². The topological polar surface area (TPSA) is 52.6 Å². The molecular formula is C16H13Cl2O4P. The summed E-state index contributed by atoms with van der Waals surface area (Å²) in [5.74, 6) is -0.303. The second-order valence-electron chi connectivity index (χ2n) is 5.02. The molecule has 1 fully saturated rings. The molecule has 0 aromatic heterocycles. The first-order chi connectivity index (χ1) is 11.0. The van der Waals surface area contributed by atoms with Gasteiger partial charge in [-0.1, -0.05) is 35.3 Å². The first-order valence-corrected chi connectivity index (χ1v) is 9.29. The van der Waals surface area contributed by atoms with E-state index in [2.05, 4.69) is 0 Å². The van der Waals surface area contributed by atoms with Crippen LogP contribution in [-0.2, 0) is 13.6 Å². The fourth-order valence-electron chi connectivity index (χ4n) is 2.26. The number of benzene rings is 2. The van der Waals surface area contributed by atoms with Crippen molar-refractivity contribution in [2.45, 2.75) is 6.42 Å². The third kappa shape index (κ3) is 3.52. The Hall–Kier alpha value is -1.16. The average molecular weight is 371 g/mol. The first kappa shape index (κ1) is 16.7. The van der Waals surface area contributed by atoms with Crippen LogP contribution in [0.3, 0.4) is 0 Å². The maximum absolute atomic E-state index is 12.7. The minimum absolute atomic E-state index is 0.292. The Balaban J connectivity index is 1.98. The van der Waals surface area contributed by atoms with E-state index in [1.807, 2.05) is 0 Å². The van der Waals surface area contributed by atoms with Crippen LogP contribution in [0.5, 0.6) is 0 Å². The Bertz CT molecular complexity index is 796. The summed E-state index contributed by atoms with van der Waals surface area (Å²) in [4.78, 5) is 12.6. The van der Waals surface area contributed by atoms with Crippen LogP contribution >= 0.6 is 30.8 Å². The lowest BCUT2D eigenvalue weighted by Crippen LogP contribution is -2.18. The van der Waals surface area contributed by atoms with E-state index < -0.39 is 7.60 Å². The van der Waals surface area contributed by atoms with Crippen molar-refractivity contribution in [2.75, 3.05) is 13.2 Å². The van der Waals surface area contributed by atoms with E-state index in [0.29, 0.717) is 46.1 Å². The van der Waals surface area contributed by atoms with Gasteiger partial charge in [0.25, 0.3) is 0 Å². The summed E-state index contributed by atoms with van der Waals surface area (Å²) in [6, 6.07) is 11.1. The Morgan fingerprint density at radius 3 is 2.52 bits per heavy atom. The summed E-state index contributed by atoms with van der Waals surface area (Å²) < 4.78 is 23.3. The molecule has 1 saturated heterocycles. The van der Waals surface area contributed by atoms with Crippen molar-refractivity contribution in [3.63, 3.8) is 0 Å². The maximum Gasteiger partial charge on any atom is 0.361 e. The van der Waals surface area contributed by atoms with E-state index in [4.69, 9.17) is 32.2 Å². The normalized spacial score (nSPS) is 17.0. The van der Waals surface area contributed by atoms with Gasteiger partial charge in [0.1, 0.15) is 0 Å². The number of hydrogen-bond donors (Lipinski definition) is 0. The van der Waals surface area contributed by atoms with Gasteiger partial charge in [0.15, 0.2) is 5.78 Å². The zero-order valence-corrected chi connectivity index (χ0v) is 14.4. The largest absolute Gasteiger partial charge is 0.361 e. The van der Waals surface area contributed by atoms with Crippen LogP contribution in [-0.4, -0.2) is 19.0 Å². The zero-order chi connectivity index (χ0) is 16.4. The molecule has 3 rings (SSSR count). The average Bonchev–Trinajstić information content (AvgIpc) is 2.57. The lowest BCUT2D eigenvalue weighted by Gasteiger charge is -2.23. The minimum atomic E-state index is -3.36. The lowest BCUT2D eigenvalue weighted by atomic mass is 10.0. The van der Waals surface area contributed by atoms with E-state index in [9.17, 15) is 9.36 Å². The summed E-state index contributed by atoms with van der Waals surface area (Å²) >= 11 is 12.0. The highest BCUT2D eigenvalue weighted by atomic mass is 35.5. The molecule has 2 aromatic rings. The molecule has 0 aliphatic carbocycles. The molecule has 0 atom stereocenters. The zero-order valence-electron chi connectivity index (χ0n) is 12.0. The molecule has 1 heterocycles. The number of ketones is 1. The number of hydrogen-bond acceptors (Lipinski definition) is 4. The molecule has 0 amide bonds. The SMILES string of the molecule is O=C(c1cccc(P2(=O)OCCCO2)c1)c1cc(Cl)ccc1Cl. The van der Waals surface area contributed by atoms with Crippen LogP contribution in [0.15, 0.2) is 42.5 Å². The maximum atomic E-state index is 12.7. The van der Waals surface area contributed by atoms with Crippen LogP contribution in [0, 0.1) is 0 Å². The van der Waals surface area contributed by atoms with Crippen molar-refractivity contribution in [2.24, 2.45) is 0 Å². The Morgan fingerprint density at radius 1 is 1.04 bits per heavy atom. The van der Waals surface area contributed by atoms with Crippen molar-refractivity contribution in [1.29, 1.82) is 0 Å². The third-order valence-electron chi connectivity index (χ3n) is 3.41. The summed E-state index contributed by atoms with van der Waals surface area (Å²) in [6.07, 6.45) is 0.695. The smallest absolute Gasteiger partial charge is 0.305 e. The van der Waals surface area contributed by atoms with Crippen LogP contribution in [0.4, 0.5) is 0 Å². The molecule has 1 aliphatic rings. The molecule has 23 heavy (non-hydrogen) atoms. The van der Waals surface area contributed by atoms with E-state index in [1.165, 1.54) is 12.1 Å². The van der Waals surface area contributed by atoms with E-state index in [0.717, 1.165) is 0 Å². The van der Waals surface area contributed by atoms with Crippen LogP contribution in [0.25, 0.3) is 0 Å². The molecule has 0 spiro atoms. The molecule has 0 bridgehead atoms. The highest BCUT2D eigenvalue weighted by Gasteiger charge is 2.31. The summed E-state index contributed by atoms with van der Waals surface area (Å²) in [5, 5.41) is 1.09. The standard InChI is InChI=1S/C16H13Cl2O4P/c17-12-5-6-15(18)14(10-12)16(19)11-3-1-4-13(9-11)23(20)21-7-2-8-22-23/h1,3-6,9-10H,2,7-8H2. The highest BCUT2D eigenvalue weighted by Crippen LogP contribution is 2.49. The predicted octanol–water partition coefficient (Wildman–Crippen LogP) is 4.48. The van der Waals surface area contributed by atoms with Crippen molar-refractivity contribution in [3.8, 4) is 0 Å². The lowest BCUT2D eigenvalue weighted by molar-refractivity contribution is 0.103. The molecule has 0 unspecified atom stereocenters. The van der Waals surface area contributed by atoms with Gasteiger partial charge >= 0.3 is 7.60 Å². The molecule has 7 heteroatoms. The summed E-state index contributed by atoms with van der Waals surface area (Å²) in [6.45, 7) is 0.741. The Kier molecular flexibility index (Phi) is 4.90. The van der Waals surface area contributed by atoms with Crippen LogP contribution in [0.1, 0.15) is 22.3 Å². The second-order valence-corrected chi connectivity index (χ2v) is 7.89. The minimum Gasteiger partial charge on any atom is -0.305 e. The van der Waals surface area contributed by atoms with Gasteiger partial charge in [-0.25, -0.2) is 0 Å². The third-order valence-corrected chi connectivity index (χ3v) is 5.93. The monoisotopic (exact) mass is 370 g/mol. The van der Waals surface area contributed by atoms with Gasteiger partial charge in [0, 0.05) is 16.1 Å². The number of rotatable bonds is 3. The van der Waals surface area contributed by atoms with Gasteiger partial charge in [-0.2, -0.15) is 0 Å². The summed E-state index contributed by atoms with van der Waals surface area (Å²) in [5.41, 5.74) is 0.639. The molecule has 0 saturated carbocycles. The van der Waals surface area contributed by atoms with Gasteiger partial charge in [-0.3, -0.25) is 9.36 Å². The molecule has 0 radical (unpaired) electrons. The van der Waals surface area contributed by atoms with E-state index >= 15 is 0 Å². The molecule has 0 N–H and O–H groups in total. The Labute approximate surface area is 143 Å². The molecule has 1 aliphatic heterocycles. The number of carbonyl (C=O) groups is 1. The highest BCUT2D eigenvalue weighted by molar-refractivity contribution is 7.62. The number of halogens is 2. The fourth-order valence-corrected chi connectivity index (χ4v) is 4.31. The van der Waals surface area contributed by atoms with Gasteiger partial charge in [0.05, 0.1) is 23.5 Å². The molecule has 2 aromatic carbocycles. The second kappa shape index (κ2) is 6.76. The van der Waals surface area contributed by atoms with Crippen molar-refractivity contribution >= 4 is 41.9 Å². The molecular weight excluding hydrogens is 358 g/mol. The van der Waals surface area contributed by atoms with Gasteiger partial charge in [-0.15, -0.1) is 0 Å². The quantitative estimate of drug-likeness (QED) is 0.590. The predicted molar refractivity (Wildman–Crippen MR) is 90.1 cm³/mol. The van der Waals surface area contributed by atoms with Gasteiger partial charge in [-0.05, 0) is 36.8 Å². The van der Waals surface area contributed by atoms with Crippen molar-refractivity contribution < 1.29 is 18.4 Å². The van der Waals surface area contributed by atoms with Crippen LogP contribution < -0.4 is 5.30 Å². The first-order valence-electron chi connectivity index (χ1n) is 6.99. The Morgan fingerprint density at radius 2 is 1.78 bits per heavy atom. The van der Waals surface area contributed by atoms with Crippen molar-refractivity contribution in [3.05, 3.63) is 63.6 Å². The van der Waals surface area contributed by atoms with E-state index in [-0.39, 0.29) is 5.78 Å². The van der Waals surface area contributed by atoms with Crippen LogP contribution in [0.2, 0.25) is 10.0 Å². The van der Waals surface area contributed by atoms with Gasteiger partial charge in [0.2, 0.25) is 0 Å².